The van der Waals surface area contributed by atoms with Gasteiger partial charge in [0.1, 0.15) is 0 Å². The zero-order chi connectivity index (χ0) is 15.0. The minimum absolute atomic E-state index is 0.0261. The third-order valence-electron chi connectivity index (χ3n) is 4.05. The molecular weight excluding hydrogens is 270 g/mol. The van der Waals surface area contributed by atoms with E-state index in [1.807, 2.05) is 0 Å². The Hall–Kier alpha value is -2.08. The lowest BCUT2D eigenvalue weighted by Crippen LogP contribution is -2.39. The van der Waals surface area contributed by atoms with E-state index in [1.165, 1.54) is 12.1 Å². The average Bonchev–Trinajstić information content (AvgIpc) is 2.91. The fourth-order valence-electron chi connectivity index (χ4n) is 2.76. The van der Waals surface area contributed by atoms with Crippen LogP contribution in [-0.2, 0) is 0 Å². The molecule has 6 heteroatoms. The molecule has 1 aromatic heterocycles. The van der Waals surface area contributed by atoms with Crippen LogP contribution in [0.25, 0.3) is 11.4 Å². The first kappa shape index (κ1) is 13.9. The first-order valence-corrected chi connectivity index (χ1v) is 7.07. The molecule has 0 radical (unpaired) electrons. The molecular formula is C15H19N3O3. The van der Waals surface area contributed by atoms with E-state index < -0.39 is 0 Å². The van der Waals surface area contributed by atoms with Crippen LogP contribution in [0.4, 0.5) is 0 Å². The summed E-state index contributed by atoms with van der Waals surface area (Å²) >= 11 is 0. The summed E-state index contributed by atoms with van der Waals surface area (Å²) in [5.41, 5.74) is 0.660. The van der Waals surface area contributed by atoms with Crippen LogP contribution in [0.1, 0.15) is 38.6 Å². The van der Waals surface area contributed by atoms with Crippen molar-refractivity contribution in [2.24, 2.45) is 5.41 Å². The molecule has 1 atom stereocenters. The summed E-state index contributed by atoms with van der Waals surface area (Å²) in [5, 5.41) is 26.3. The van der Waals surface area contributed by atoms with Crippen molar-refractivity contribution in [1.29, 1.82) is 0 Å². The maximum absolute atomic E-state index is 9.55. The summed E-state index contributed by atoms with van der Waals surface area (Å²) in [6.07, 6.45) is 2.23. The lowest BCUT2D eigenvalue weighted by molar-refractivity contribution is 0.146. The summed E-state index contributed by atoms with van der Waals surface area (Å²) in [6.45, 7) is 5.30. The van der Waals surface area contributed by atoms with Gasteiger partial charge in [0.15, 0.2) is 11.5 Å². The van der Waals surface area contributed by atoms with Crippen molar-refractivity contribution in [3.05, 3.63) is 24.1 Å². The van der Waals surface area contributed by atoms with Gasteiger partial charge in [-0.25, -0.2) is 0 Å². The second-order valence-electron chi connectivity index (χ2n) is 6.14. The monoisotopic (exact) mass is 289 g/mol. The predicted octanol–water partition coefficient (Wildman–Crippen LogP) is 2.60. The molecule has 112 valence electrons. The van der Waals surface area contributed by atoms with Crippen LogP contribution in [-0.4, -0.2) is 26.9 Å². The van der Waals surface area contributed by atoms with Gasteiger partial charge in [0.05, 0.1) is 6.04 Å². The highest BCUT2D eigenvalue weighted by atomic mass is 16.5. The molecule has 0 spiro atoms. The van der Waals surface area contributed by atoms with Gasteiger partial charge in [0.2, 0.25) is 11.7 Å². The van der Waals surface area contributed by atoms with Gasteiger partial charge in [0.25, 0.3) is 0 Å². The Morgan fingerprint density at radius 2 is 2.10 bits per heavy atom. The van der Waals surface area contributed by atoms with E-state index in [0.29, 0.717) is 17.3 Å². The first-order valence-electron chi connectivity index (χ1n) is 7.07. The largest absolute Gasteiger partial charge is 0.504 e. The third kappa shape index (κ3) is 2.58. The molecule has 21 heavy (non-hydrogen) atoms. The van der Waals surface area contributed by atoms with Gasteiger partial charge in [-0.15, -0.1) is 0 Å². The fraction of sp³-hybridized carbons (Fsp3) is 0.467. The van der Waals surface area contributed by atoms with Crippen molar-refractivity contribution in [2.75, 3.05) is 6.54 Å². The maximum Gasteiger partial charge on any atom is 0.244 e. The van der Waals surface area contributed by atoms with Crippen molar-refractivity contribution in [1.82, 2.24) is 15.5 Å². The Labute approximate surface area is 122 Å². The van der Waals surface area contributed by atoms with E-state index in [4.69, 9.17) is 4.52 Å². The highest BCUT2D eigenvalue weighted by Crippen LogP contribution is 2.40. The summed E-state index contributed by atoms with van der Waals surface area (Å²) in [7, 11) is 0. The fourth-order valence-corrected chi connectivity index (χ4v) is 2.76. The summed E-state index contributed by atoms with van der Waals surface area (Å²) in [6, 6.07) is 4.49. The third-order valence-corrected chi connectivity index (χ3v) is 4.05. The van der Waals surface area contributed by atoms with Gasteiger partial charge in [-0.3, -0.25) is 0 Å². The Morgan fingerprint density at radius 1 is 1.29 bits per heavy atom. The van der Waals surface area contributed by atoms with Crippen LogP contribution in [0.15, 0.2) is 22.7 Å². The Kier molecular flexibility index (Phi) is 3.33. The SMILES string of the molecule is CC1(C)CCCNC1c1nc(-c2ccc(O)c(O)c2)no1. The van der Waals surface area contributed by atoms with E-state index in [1.54, 1.807) is 6.07 Å². The van der Waals surface area contributed by atoms with E-state index in [2.05, 4.69) is 29.3 Å². The molecule has 1 aliphatic heterocycles. The first-order chi connectivity index (χ1) is 9.97. The van der Waals surface area contributed by atoms with Gasteiger partial charge in [0, 0.05) is 5.56 Å². The molecule has 1 unspecified atom stereocenters. The minimum atomic E-state index is -0.199. The van der Waals surface area contributed by atoms with Crippen molar-refractivity contribution >= 4 is 0 Å². The van der Waals surface area contributed by atoms with E-state index in [-0.39, 0.29) is 23.0 Å². The smallest absolute Gasteiger partial charge is 0.244 e. The zero-order valence-electron chi connectivity index (χ0n) is 12.1. The molecule has 1 aromatic carbocycles. The molecule has 1 fully saturated rings. The van der Waals surface area contributed by atoms with Crippen LogP contribution in [0.5, 0.6) is 11.5 Å². The van der Waals surface area contributed by atoms with Crippen LogP contribution < -0.4 is 5.32 Å². The zero-order valence-corrected chi connectivity index (χ0v) is 12.1. The summed E-state index contributed by atoms with van der Waals surface area (Å²) < 4.78 is 5.40. The standard InChI is InChI=1S/C15H19N3O3/c1-15(2)6-3-7-16-12(15)14-17-13(18-21-14)9-4-5-10(19)11(20)8-9/h4-5,8,12,16,19-20H,3,6-7H2,1-2H3. The number of aromatic nitrogens is 2. The average molecular weight is 289 g/mol. The number of aromatic hydroxyl groups is 2. The number of benzene rings is 1. The molecule has 1 aliphatic rings. The number of hydrogen-bond acceptors (Lipinski definition) is 6. The lowest BCUT2D eigenvalue weighted by atomic mass is 9.77. The van der Waals surface area contributed by atoms with Crippen LogP contribution >= 0.6 is 0 Å². The number of piperidine rings is 1. The number of phenols is 2. The van der Waals surface area contributed by atoms with E-state index >= 15 is 0 Å². The number of rotatable bonds is 2. The van der Waals surface area contributed by atoms with Gasteiger partial charge < -0.3 is 20.1 Å². The van der Waals surface area contributed by atoms with E-state index in [0.717, 1.165) is 19.4 Å². The number of nitrogens with zero attached hydrogens (tertiary/aromatic N) is 2. The lowest BCUT2D eigenvalue weighted by Gasteiger charge is -2.36. The molecule has 2 aromatic rings. The van der Waals surface area contributed by atoms with Crippen molar-refractivity contribution in [3.63, 3.8) is 0 Å². The molecule has 0 saturated carbocycles. The quantitative estimate of drug-likeness (QED) is 0.736. The summed E-state index contributed by atoms with van der Waals surface area (Å²) in [4.78, 5) is 4.44. The van der Waals surface area contributed by atoms with Crippen molar-refractivity contribution in [2.45, 2.75) is 32.7 Å². The second-order valence-corrected chi connectivity index (χ2v) is 6.14. The minimum Gasteiger partial charge on any atom is -0.504 e. The Morgan fingerprint density at radius 3 is 2.81 bits per heavy atom. The Balaban J connectivity index is 1.90. The topological polar surface area (TPSA) is 91.4 Å². The molecule has 0 aliphatic carbocycles. The molecule has 6 nitrogen and oxygen atoms in total. The van der Waals surface area contributed by atoms with Gasteiger partial charge >= 0.3 is 0 Å². The molecule has 0 amide bonds. The second kappa shape index (κ2) is 5.04. The van der Waals surface area contributed by atoms with Crippen LogP contribution in [0.2, 0.25) is 0 Å². The normalized spacial score (nSPS) is 21.3. The Bertz CT molecular complexity index is 651. The molecule has 2 heterocycles. The van der Waals surface area contributed by atoms with Crippen molar-refractivity contribution in [3.8, 4) is 22.9 Å². The van der Waals surface area contributed by atoms with E-state index in [9.17, 15) is 10.2 Å². The summed E-state index contributed by atoms with van der Waals surface area (Å²) in [5.74, 6) is 0.596. The predicted molar refractivity (Wildman–Crippen MR) is 76.8 cm³/mol. The molecule has 1 saturated heterocycles. The molecule has 0 bridgehead atoms. The maximum atomic E-state index is 9.55. The van der Waals surface area contributed by atoms with Crippen molar-refractivity contribution < 1.29 is 14.7 Å². The molecule has 3 N–H and O–H groups in total. The highest BCUT2D eigenvalue weighted by molar-refractivity contribution is 5.59. The highest BCUT2D eigenvalue weighted by Gasteiger charge is 2.37. The number of nitrogens with one attached hydrogen (secondary N) is 1. The van der Waals surface area contributed by atoms with Crippen LogP contribution in [0.3, 0.4) is 0 Å². The molecule has 3 rings (SSSR count). The van der Waals surface area contributed by atoms with Gasteiger partial charge in [-0.05, 0) is 43.0 Å². The number of hydrogen-bond donors (Lipinski definition) is 3. The van der Waals surface area contributed by atoms with Gasteiger partial charge in [-0.1, -0.05) is 19.0 Å². The number of phenolic OH excluding ortho intramolecular Hbond substituents is 2. The van der Waals surface area contributed by atoms with Crippen LogP contribution in [0, 0.1) is 5.41 Å². The van der Waals surface area contributed by atoms with Gasteiger partial charge in [-0.2, -0.15) is 4.98 Å².